The van der Waals surface area contributed by atoms with Crippen molar-refractivity contribution in [1.29, 1.82) is 0 Å². The predicted octanol–water partition coefficient (Wildman–Crippen LogP) is 8.55. The molecule has 9 rings (SSSR count). The van der Waals surface area contributed by atoms with Gasteiger partial charge in [0, 0.05) is 56.0 Å². The molecule has 0 amide bonds. The Balaban J connectivity index is 0.000000151. The predicted molar refractivity (Wildman–Crippen MR) is 270 cm³/mol. The molecule has 3 fully saturated rings. The largest absolute Gasteiger partial charge is 0.393 e. The van der Waals surface area contributed by atoms with Crippen molar-refractivity contribution in [2.24, 2.45) is 32.2 Å². The molecule has 0 unspecified atom stereocenters. The highest BCUT2D eigenvalue weighted by Crippen LogP contribution is 2.33. The second-order valence-corrected chi connectivity index (χ2v) is 17.0. The Kier molecular flexibility index (Phi) is 17.3. The third-order valence-corrected chi connectivity index (χ3v) is 12.2. The lowest BCUT2D eigenvalue weighted by molar-refractivity contribution is 0.108. The number of aliphatic imine (C=N–C) groups is 3. The normalized spacial score (nSPS) is 16.7. The average Bonchev–Trinajstić information content (AvgIpc) is 3.36. The van der Waals surface area contributed by atoms with Crippen LogP contribution in [0.25, 0.3) is 33.4 Å². The number of rotatable bonds is 6. The summed E-state index contributed by atoms with van der Waals surface area (Å²) in [6.45, 7) is 4.27. The van der Waals surface area contributed by atoms with Crippen LogP contribution in [0.3, 0.4) is 0 Å². The molecule has 14 heteroatoms. The fourth-order valence-corrected chi connectivity index (χ4v) is 8.20. The monoisotopic (exact) mass is 921 g/mol. The van der Waals surface area contributed by atoms with Gasteiger partial charge in [0.1, 0.15) is 11.6 Å². The van der Waals surface area contributed by atoms with Gasteiger partial charge in [-0.2, -0.15) is 0 Å². The zero-order chi connectivity index (χ0) is 47.8. The van der Waals surface area contributed by atoms with Gasteiger partial charge in [0.05, 0.1) is 35.4 Å². The van der Waals surface area contributed by atoms with Crippen molar-refractivity contribution in [3.8, 4) is 33.4 Å². The zero-order valence-corrected chi connectivity index (χ0v) is 38.2. The number of halogens is 2. The molecule has 6 aromatic rings. The van der Waals surface area contributed by atoms with E-state index in [4.69, 9.17) is 17.2 Å². The highest BCUT2D eigenvalue weighted by molar-refractivity contribution is 5.88. The highest BCUT2D eigenvalue weighted by atomic mass is 19.1. The fourth-order valence-electron chi connectivity index (χ4n) is 8.20. The van der Waals surface area contributed by atoms with Crippen LogP contribution < -0.4 is 17.2 Å². The summed E-state index contributed by atoms with van der Waals surface area (Å²) in [5.41, 5.74) is 26.3. The summed E-state index contributed by atoms with van der Waals surface area (Å²) >= 11 is 0. The molecule has 354 valence electrons. The molecule has 0 atom stereocenters. The average molecular weight is 922 g/mol. The van der Waals surface area contributed by atoms with Gasteiger partial charge in [0.2, 0.25) is 0 Å². The van der Waals surface area contributed by atoms with E-state index in [2.05, 4.69) is 33.2 Å². The lowest BCUT2D eigenvalue weighted by Crippen LogP contribution is -2.43. The number of aliphatic hydroxyl groups is 3. The Morgan fingerprint density at radius 3 is 1.09 bits per heavy atom. The summed E-state index contributed by atoms with van der Waals surface area (Å²) in [5, 5.41) is 28.7. The van der Waals surface area contributed by atoms with E-state index in [9.17, 15) is 24.1 Å². The van der Waals surface area contributed by atoms with Crippen molar-refractivity contribution in [3.05, 3.63) is 163 Å². The number of para-hydroxylation sites is 2. The van der Waals surface area contributed by atoms with Crippen molar-refractivity contribution in [3.63, 3.8) is 0 Å². The van der Waals surface area contributed by atoms with E-state index in [0.29, 0.717) is 81.0 Å². The van der Waals surface area contributed by atoms with E-state index < -0.39 is 0 Å². The molecule has 3 saturated heterocycles. The molecule has 3 aliphatic rings. The number of benzene rings is 6. The quantitative estimate of drug-likeness (QED) is 0.0704. The number of hydrogen-bond donors (Lipinski definition) is 6. The van der Waals surface area contributed by atoms with E-state index in [-0.39, 0.29) is 29.9 Å². The Morgan fingerprint density at radius 2 is 0.691 bits per heavy atom. The van der Waals surface area contributed by atoms with Crippen LogP contribution in [0.5, 0.6) is 0 Å². The minimum atomic E-state index is -0.303. The van der Waals surface area contributed by atoms with Crippen LogP contribution in [0, 0.1) is 11.6 Å². The van der Waals surface area contributed by atoms with Crippen LogP contribution >= 0.6 is 0 Å². The number of aliphatic hydroxyl groups excluding tert-OH is 3. The molecule has 6 aromatic carbocycles. The minimum Gasteiger partial charge on any atom is -0.393 e. The van der Waals surface area contributed by atoms with Crippen molar-refractivity contribution >= 4 is 34.9 Å². The fraction of sp³-hybridized carbons (Fsp3) is 0.278. The maximum atomic E-state index is 13.7. The third-order valence-electron chi connectivity index (χ3n) is 12.2. The van der Waals surface area contributed by atoms with E-state index >= 15 is 0 Å². The molecule has 0 radical (unpaired) electrons. The van der Waals surface area contributed by atoms with Gasteiger partial charge in [-0.05, 0) is 97.7 Å². The molecule has 12 nitrogen and oxygen atoms in total. The first-order chi connectivity index (χ1) is 33.0. The second-order valence-electron chi connectivity index (χ2n) is 17.0. The van der Waals surface area contributed by atoms with E-state index in [1.165, 1.54) is 24.3 Å². The lowest BCUT2D eigenvalue weighted by atomic mass is 10.0. The molecule has 0 spiro atoms. The van der Waals surface area contributed by atoms with Gasteiger partial charge in [-0.1, -0.05) is 109 Å². The molecule has 3 aliphatic heterocycles. The number of nitrogens with two attached hydrogens (primary N) is 3. The first kappa shape index (κ1) is 48.8. The highest BCUT2D eigenvalue weighted by Gasteiger charge is 2.21. The number of hydrogen-bond acceptors (Lipinski definition) is 6. The third kappa shape index (κ3) is 13.7. The molecular weight excluding hydrogens is 861 g/mol. The summed E-state index contributed by atoms with van der Waals surface area (Å²) in [6, 6.07) is 46.3. The van der Waals surface area contributed by atoms with Crippen LogP contribution in [-0.4, -0.2) is 105 Å². The van der Waals surface area contributed by atoms with E-state index in [0.717, 1.165) is 65.1 Å². The van der Waals surface area contributed by atoms with Gasteiger partial charge in [-0.15, -0.1) is 0 Å². The number of likely N-dealkylation sites (tertiary alicyclic amines) is 3. The van der Waals surface area contributed by atoms with Gasteiger partial charge < -0.3 is 47.2 Å². The van der Waals surface area contributed by atoms with Gasteiger partial charge >= 0.3 is 0 Å². The Labute approximate surface area is 397 Å². The minimum absolute atomic E-state index is 0.208. The smallest absolute Gasteiger partial charge is 0.196 e. The van der Waals surface area contributed by atoms with Crippen molar-refractivity contribution < 1.29 is 24.1 Å². The molecule has 68 heavy (non-hydrogen) atoms. The van der Waals surface area contributed by atoms with Crippen LogP contribution in [-0.2, 0) is 0 Å². The topological polar surface area (TPSA) is 186 Å². The standard InChI is InChI=1S/2C18H20FN3O.C18H21N3O/c19-14-7-5-13(6-8-14)16-3-1-2-4-17(16)21-18(20)22-11-9-15(23)10-12-22;19-14-6-7-17(16(12-14)13-4-2-1-3-5-13)21-18(20)22-10-8-15(23)9-11-22;19-18(21-12-10-15(22)11-13-21)20-17-9-5-4-8-16(17)14-6-2-1-3-7-14/h1-8,15,23H,9-12H2,(H2,20,21);1-7,12,15,23H,8-11H2,(H2,20,21);1-9,15,22H,10-13H2,(H2,19,20). The number of guanidine groups is 3. The second kappa shape index (κ2) is 24.1. The Bertz CT molecular complexity index is 2610. The summed E-state index contributed by atoms with van der Waals surface area (Å²) in [4.78, 5) is 19.6. The molecule has 3 heterocycles. The summed E-state index contributed by atoms with van der Waals surface area (Å²) < 4.78 is 26.8. The van der Waals surface area contributed by atoms with Crippen molar-refractivity contribution in [2.45, 2.75) is 56.8 Å². The Morgan fingerprint density at radius 1 is 0.382 bits per heavy atom. The van der Waals surface area contributed by atoms with Crippen LogP contribution in [0.15, 0.2) is 167 Å². The molecule has 0 aromatic heterocycles. The first-order valence-corrected chi connectivity index (χ1v) is 23.2. The molecule has 0 saturated carbocycles. The van der Waals surface area contributed by atoms with E-state index in [1.807, 2.05) is 106 Å². The lowest BCUT2D eigenvalue weighted by Gasteiger charge is -2.30. The van der Waals surface area contributed by atoms with Crippen molar-refractivity contribution in [2.75, 3.05) is 39.3 Å². The zero-order valence-electron chi connectivity index (χ0n) is 38.2. The van der Waals surface area contributed by atoms with Gasteiger partial charge in [0.25, 0.3) is 0 Å². The number of nitrogens with zero attached hydrogens (tertiary/aromatic N) is 6. The van der Waals surface area contributed by atoms with Crippen LogP contribution in [0.4, 0.5) is 25.8 Å². The van der Waals surface area contributed by atoms with Gasteiger partial charge in [-0.25, -0.2) is 23.8 Å². The Hall–Kier alpha value is -7.13. The van der Waals surface area contributed by atoms with Crippen LogP contribution in [0.1, 0.15) is 38.5 Å². The molecular formula is C54H61F2N9O3. The first-order valence-electron chi connectivity index (χ1n) is 23.2. The summed E-state index contributed by atoms with van der Waals surface area (Å²) in [6.07, 6.45) is 3.56. The maximum Gasteiger partial charge on any atom is 0.196 e. The molecule has 0 aliphatic carbocycles. The molecule has 9 N–H and O–H groups in total. The SMILES string of the molecule is NC(=Nc1ccc(F)cc1-c1ccccc1)N1CCC(O)CC1.NC(=Nc1ccccc1-c1ccc(F)cc1)N1CCC(O)CC1.NC(=Nc1ccccc1-c1ccccc1)N1CCC(O)CC1. The summed E-state index contributed by atoms with van der Waals surface area (Å²) in [5.74, 6) is 0.811. The van der Waals surface area contributed by atoms with Gasteiger partial charge in [0.15, 0.2) is 17.9 Å². The summed E-state index contributed by atoms with van der Waals surface area (Å²) in [7, 11) is 0. The van der Waals surface area contributed by atoms with Crippen LogP contribution in [0.2, 0.25) is 0 Å². The molecule has 0 bridgehead atoms. The van der Waals surface area contributed by atoms with E-state index in [1.54, 1.807) is 18.2 Å². The maximum absolute atomic E-state index is 13.7. The van der Waals surface area contributed by atoms with Gasteiger partial charge in [-0.3, -0.25) is 0 Å². The number of piperidine rings is 3. The van der Waals surface area contributed by atoms with Crippen molar-refractivity contribution in [1.82, 2.24) is 14.7 Å².